The fraction of sp³-hybridized carbons (Fsp3) is 0.400. The highest BCUT2D eigenvalue weighted by Crippen LogP contribution is 2.28. The van der Waals surface area contributed by atoms with E-state index in [-0.39, 0.29) is 28.8 Å². The van der Waals surface area contributed by atoms with E-state index in [0.717, 1.165) is 6.07 Å². The van der Waals surface area contributed by atoms with Gasteiger partial charge in [-0.2, -0.15) is 0 Å². The molecule has 0 N–H and O–H groups in total. The molecule has 0 fully saturated rings. The zero-order chi connectivity index (χ0) is 13.0. The highest BCUT2D eigenvalue weighted by molar-refractivity contribution is 6.31. The molecule has 7 heteroatoms. The normalized spacial score (nSPS) is 10.7. The Balaban J connectivity index is 3.23. The maximum absolute atomic E-state index is 12.5. The van der Waals surface area contributed by atoms with Crippen molar-refractivity contribution in [3.8, 4) is 0 Å². The number of alkyl halides is 3. The Hall–Kier alpha value is -0.940. The van der Waals surface area contributed by atoms with E-state index in [1.54, 1.807) is 6.92 Å². The van der Waals surface area contributed by atoms with E-state index in [1.165, 1.54) is 0 Å². The van der Waals surface area contributed by atoms with Crippen molar-refractivity contribution in [3.05, 3.63) is 28.0 Å². The highest BCUT2D eigenvalue weighted by Gasteiger charge is 2.21. The second-order valence-electron chi connectivity index (χ2n) is 3.00. The molecule has 1 rings (SSSR count). The van der Waals surface area contributed by atoms with Gasteiger partial charge in [-0.3, -0.25) is 0 Å². The van der Waals surface area contributed by atoms with Crippen molar-refractivity contribution in [2.75, 3.05) is 6.61 Å². The van der Waals surface area contributed by atoms with E-state index in [4.69, 9.17) is 27.9 Å². The van der Waals surface area contributed by atoms with Crippen molar-refractivity contribution in [1.29, 1.82) is 0 Å². The van der Waals surface area contributed by atoms with Crippen molar-refractivity contribution in [2.24, 2.45) is 0 Å². The van der Waals surface area contributed by atoms with Gasteiger partial charge in [-0.1, -0.05) is 11.6 Å². The second kappa shape index (κ2) is 6.12. The number of rotatable bonds is 4. The Morgan fingerprint density at radius 1 is 1.59 bits per heavy atom. The van der Waals surface area contributed by atoms with Crippen LogP contribution in [0.25, 0.3) is 0 Å². The Labute approximate surface area is 107 Å². The molecular formula is C10H9Cl2F2NO2. The summed E-state index contributed by atoms with van der Waals surface area (Å²) in [7, 11) is 0. The van der Waals surface area contributed by atoms with E-state index >= 15 is 0 Å². The Kier molecular flexibility index (Phi) is 5.08. The minimum Gasteiger partial charge on any atom is -0.462 e. The topological polar surface area (TPSA) is 39.2 Å². The molecular weight excluding hydrogens is 275 g/mol. The first-order valence-electron chi connectivity index (χ1n) is 4.71. The van der Waals surface area contributed by atoms with Gasteiger partial charge < -0.3 is 4.74 Å². The summed E-state index contributed by atoms with van der Waals surface area (Å²) in [5.41, 5.74) is -0.545. The zero-order valence-corrected chi connectivity index (χ0v) is 10.4. The molecule has 0 aliphatic rings. The predicted octanol–water partition coefficient (Wildman–Crippen LogP) is 3.59. The maximum atomic E-state index is 12.5. The lowest BCUT2D eigenvalue weighted by atomic mass is 10.2. The van der Waals surface area contributed by atoms with Crippen LogP contribution in [-0.2, 0) is 10.6 Å². The van der Waals surface area contributed by atoms with Gasteiger partial charge in [0.25, 0.3) is 6.43 Å². The van der Waals surface area contributed by atoms with Crippen LogP contribution in [0.4, 0.5) is 8.78 Å². The monoisotopic (exact) mass is 283 g/mol. The Morgan fingerprint density at radius 3 is 2.71 bits per heavy atom. The quantitative estimate of drug-likeness (QED) is 0.626. The van der Waals surface area contributed by atoms with Gasteiger partial charge in [-0.05, 0) is 13.0 Å². The Bertz CT molecular complexity index is 427. The largest absolute Gasteiger partial charge is 0.462 e. The van der Waals surface area contributed by atoms with E-state index in [9.17, 15) is 13.6 Å². The molecule has 0 saturated carbocycles. The lowest BCUT2D eigenvalue weighted by Crippen LogP contribution is -2.10. The molecule has 0 radical (unpaired) electrons. The molecule has 1 heterocycles. The van der Waals surface area contributed by atoms with Gasteiger partial charge in [0, 0.05) is 0 Å². The minimum atomic E-state index is -2.82. The third-order valence-electron chi connectivity index (χ3n) is 1.91. The van der Waals surface area contributed by atoms with Gasteiger partial charge in [0.1, 0.15) is 5.69 Å². The molecule has 17 heavy (non-hydrogen) atoms. The first-order chi connectivity index (χ1) is 8.01. The molecule has 0 saturated heterocycles. The lowest BCUT2D eigenvalue weighted by molar-refractivity contribution is 0.0524. The first-order valence-corrected chi connectivity index (χ1v) is 5.63. The summed E-state index contributed by atoms with van der Waals surface area (Å²) in [5, 5.41) is -0.281. The Morgan fingerprint density at radius 2 is 2.24 bits per heavy atom. The highest BCUT2D eigenvalue weighted by atomic mass is 35.5. The molecule has 0 unspecified atom stereocenters. The van der Waals surface area contributed by atoms with Gasteiger partial charge in [0.15, 0.2) is 0 Å². The molecule has 1 aromatic heterocycles. The molecule has 0 aliphatic carbocycles. The van der Waals surface area contributed by atoms with Crippen LogP contribution < -0.4 is 0 Å². The van der Waals surface area contributed by atoms with Crippen LogP contribution in [0, 0.1) is 0 Å². The van der Waals surface area contributed by atoms with Gasteiger partial charge in [-0.15, -0.1) is 11.6 Å². The minimum absolute atomic E-state index is 0.0104. The van der Waals surface area contributed by atoms with E-state index in [0.29, 0.717) is 0 Å². The van der Waals surface area contributed by atoms with Crippen LogP contribution in [-0.4, -0.2) is 17.6 Å². The number of hydrogen-bond donors (Lipinski definition) is 0. The molecule has 0 atom stereocenters. The molecule has 0 amide bonds. The number of halogens is 4. The van der Waals surface area contributed by atoms with Crippen molar-refractivity contribution in [3.63, 3.8) is 0 Å². The third-order valence-corrected chi connectivity index (χ3v) is 2.47. The van der Waals surface area contributed by atoms with Crippen LogP contribution in [0.3, 0.4) is 0 Å². The molecule has 3 nitrogen and oxygen atoms in total. The molecule has 94 valence electrons. The summed E-state index contributed by atoms with van der Waals surface area (Å²) in [6.07, 6.45) is -2.82. The molecule has 0 spiro atoms. The number of nitrogens with zero attached hydrogens (tertiary/aromatic N) is 1. The SMILES string of the molecule is CCOC(=O)c1cc(Cl)c(C(F)F)nc1CCl. The van der Waals surface area contributed by atoms with Crippen LogP contribution in [0.2, 0.25) is 5.02 Å². The van der Waals surface area contributed by atoms with Crippen molar-refractivity contribution >= 4 is 29.2 Å². The number of esters is 1. The predicted molar refractivity (Wildman–Crippen MR) is 59.7 cm³/mol. The molecule has 0 aromatic carbocycles. The second-order valence-corrected chi connectivity index (χ2v) is 3.68. The molecule has 1 aromatic rings. The average Bonchev–Trinajstić information content (AvgIpc) is 2.28. The molecule has 0 bridgehead atoms. The number of aromatic nitrogens is 1. The average molecular weight is 284 g/mol. The van der Waals surface area contributed by atoms with Crippen LogP contribution >= 0.6 is 23.2 Å². The molecule has 0 aliphatic heterocycles. The summed E-state index contributed by atoms with van der Waals surface area (Å²) in [5.74, 6) is -0.858. The lowest BCUT2D eigenvalue weighted by Gasteiger charge is -2.09. The van der Waals surface area contributed by atoms with Crippen LogP contribution in [0.1, 0.15) is 35.1 Å². The number of carbonyl (C=O) groups is 1. The fourth-order valence-corrected chi connectivity index (χ4v) is 1.62. The number of ether oxygens (including phenoxy) is 1. The van der Waals surface area contributed by atoms with Gasteiger partial charge in [-0.25, -0.2) is 18.6 Å². The van der Waals surface area contributed by atoms with Crippen LogP contribution in [0.15, 0.2) is 6.07 Å². The smallest absolute Gasteiger partial charge is 0.340 e. The number of pyridine rings is 1. The maximum Gasteiger partial charge on any atom is 0.340 e. The van der Waals surface area contributed by atoms with Crippen molar-refractivity contribution < 1.29 is 18.3 Å². The van der Waals surface area contributed by atoms with E-state index < -0.39 is 18.1 Å². The van der Waals surface area contributed by atoms with Crippen molar-refractivity contribution in [1.82, 2.24) is 4.98 Å². The van der Waals surface area contributed by atoms with Crippen molar-refractivity contribution in [2.45, 2.75) is 19.2 Å². The zero-order valence-electron chi connectivity index (χ0n) is 8.84. The first kappa shape index (κ1) is 14.1. The summed E-state index contributed by atoms with van der Waals surface area (Å²) >= 11 is 11.2. The fourth-order valence-electron chi connectivity index (χ4n) is 1.18. The summed E-state index contributed by atoms with van der Waals surface area (Å²) in [6, 6.07) is 1.10. The number of hydrogen-bond acceptors (Lipinski definition) is 3. The van der Waals surface area contributed by atoms with E-state index in [1.807, 2.05) is 0 Å². The van der Waals surface area contributed by atoms with Crippen LogP contribution in [0.5, 0.6) is 0 Å². The summed E-state index contributed by atoms with van der Waals surface area (Å²) in [6.45, 7) is 1.79. The van der Waals surface area contributed by atoms with Gasteiger partial charge >= 0.3 is 5.97 Å². The summed E-state index contributed by atoms with van der Waals surface area (Å²) < 4.78 is 29.8. The van der Waals surface area contributed by atoms with E-state index in [2.05, 4.69) is 4.98 Å². The van der Waals surface area contributed by atoms with Gasteiger partial charge in [0.05, 0.1) is 28.8 Å². The third kappa shape index (κ3) is 3.26. The van der Waals surface area contributed by atoms with Gasteiger partial charge in [0.2, 0.25) is 0 Å². The standard InChI is InChI=1S/C10H9Cl2F2NO2/c1-2-17-10(16)5-3-6(12)8(9(13)14)15-7(5)4-11/h3,9H,2,4H2,1H3. The summed E-state index contributed by atoms with van der Waals surface area (Å²) in [4.78, 5) is 15.1. The number of carbonyl (C=O) groups excluding carboxylic acids is 1.